The van der Waals surface area contributed by atoms with Gasteiger partial charge in [-0.25, -0.2) is 8.78 Å². The largest absolute Gasteiger partial charge is 0.317 e. The van der Waals surface area contributed by atoms with Crippen molar-refractivity contribution in [3.05, 3.63) is 0 Å². The average Bonchev–Trinajstić information content (AvgIpc) is 2.09. The van der Waals surface area contributed by atoms with Gasteiger partial charge in [0.05, 0.1) is 0 Å². The monoisotopic (exact) mass is 206 g/mol. The lowest BCUT2D eigenvalue weighted by molar-refractivity contribution is -0.120. The fourth-order valence-corrected chi connectivity index (χ4v) is 1.67. The van der Waals surface area contributed by atoms with Gasteiger partial charge in [-0.2, -0.15) is 0 Å². The SMILES string of the molecule is CNC(C)CCN(C)C1CC(F)(F)C1. The molecule has 1 rings (SSSR count). The van der Waals surface area contributed by atoms with Crippen LogP contribution in [0.5, 0.6) is 0 Å². The third-order valence-corrected chi connectivity index (χ3v) is 3.10. The molecule has 1 N–H and O–H groups in total. The summed E-state index contributed by atoms with van der Waals surface area (Å²) in [5.74, 6) is -2.40. The average molecular weight is 206 g/mol. The molecule has 84 valence electrons. The van der Waals surface area contributed by atoms with Gasteiger partial charge in [0.25, 0.3) is 5.92 Å². The van der Waals surface area contributed by atoms with E-state index in [0.29, 0.717) is 6.04 Å². The van der Waals surface area contributed by atoms with Crippen LogP contribution in [0.2, 0.25) is 0 Å². The van der Waals surface area contributed by atoms with Crippen LogP contribution in [0.3, 0.4) is 0 Å². The number of rotatable bonds is 5. The molecule has 1 aliphatic rings. The number of halogens is 2. The molecule has 0 aromatic heterocycles. The van der Waals surface area contributed by atoms with Crippen molar-refractivity contribution in [2.75, 3.05) is 20.6 Å². The quantitative estimate of drug-likeness (QED) is 0.736. The Morgan fingerprint density at radius 2 is 2.07 bits per heavy atom. The van der Waals surface area contributed by atoms with E-state index in [1.165, 1.54) is 0 Å². The van der Waals surface area contributed by atoms with Crippen molar-refractivity contribution in [3.63, 3.8) is 0 Å². The molecule has 0 amide bonds. The predicted octanol–water partition coefficient (Wildman–Crippen LogP) is 1.71. The third kappa shape index (κ3) is 3.17. The molecule has 0 spiro atoms. The minimum Gasteiger partial charge on any atom is -0.317 e. The second-order valence-electron chi connectivity index (χ2n) is 4.38. The van der Waals surface area contributed by atoms with Crippen LogP contribution in [0.4, 0.5) is 8.78 Å². The van der Waals surface area contributed by atoms with Crippen LogP contribution in [-0.4, -0.2) is 43.5 Å². The van der Waals surface area contributed by atoms with Crippen molar-refractivity contribution in [3.8, 4) is 0 Å². The molecule has 1 fully saturated rings. The Morgan fingerprint density at radius 1 is 1.50 bits per heavy atom. The standard InChI is InChI=1S/C10H20F2N2/c1-8(13-2)4-5-14(3)9-6-10(11,12)7-9/h8-9,13H,4-7H2,1-3H3. The first-order valence-corrected chi connectivity index (χ1v) is 5.20. The Hall–Kier alpha value is -0.220. The summed E-state index contributed by atoms with van der Waals surface area (Å²) in [6, 6.07) is 0.548. The summed E-state index contributed by atoms with van der Waals surface area (Å²) in [5.41, 5.74) is 0. The lowest BCUT2D eigenvalue weighted by Crippen LogP contribution is -2.50. The van der Waals surface area contributed by atoms with Gasteiger partial charge in [0.2, 0.25) is 0 Å². The van der Waals surface area contributed by atoms with E-state index in [9.17, 15) is 8.78 Å². The number of nitrogens with zero attached hydrogens (tertiary/aromatic N) is 1. The molecular formula is C10H20F2N2. The molecule has 0 radical (unpaired) electrons. The smallest absolute Gasteiger partial charge is 0.251 e. The maximum Gasteiger partial charge on any atom is 0.251 e. The van der Waals surface area contributed by atoms with Crippen molar-refractivity contribution in [1.29, 1.82) is 0 Å². The summed E-state index contributed by atoms with van der Waals surface area (Å²) in [5, 5.41) is 3.14. The highest BCUT2D eigenvalue weighted by atomic mass is 19.3. The molecule has 14 heavy (non-hydrogen) atoms. The molecule has 0 aromatic rings. The normalized spacial score (nSPS) is 23.6. The summed E-state index contributed by atoms with van der Waals surface area (Å²) in [6.45, 7) is 2.99. The number of hydrogen-bond donors (Lipinski definition) is 1. The van der Waals surface area contributed by atoms with Crippen molar-refractivity contribution < 1.29 is 8.78 Å². The molecule has 1 aliphatic carbocycles. The zero-order chi connectivity index (χ0) is 10.8. The van der Waals surface area contributed by atoms with Gasteiger partial charge in [0, 0.05) is 24.9 Å². The van der Waals surface area contributed by atoms with Crippen LogP contribution >= 0.6 is 0 Å². The van der Waals surface area contributed by atoms with Gasteiger partial charge in [-0.1, -0.05) is 0 Å². The van der Waals surface area contributed by atoms with E-state index in [1.54, 1.807) is 0 Å². The van der Waals surface area contributed by atoms with Crippen LogP contribution < -0.4 is 5.32 Å². The van der Waals surface area contributed by atoms with E-state index in [0.717, 1.165) is 13.0 Å². The first-order chi connectivity index (χ1) is 6.44. The van der Waals surface area contributed by atoms with Gasteiger partial charge in [0.1, 0.15) is 0 Å². The molecule has 0 bridgehead atoms. The van der Waals surface area contributed by atoms with E-state index >= 15 is 0 Å². The molecule has 0 heterocycles. The Labute approximate surface area is 84.7 Å². The van der Waals surface area contributed by atoms with Crippen molar-refractivity contribution in [1.82, 2.24) is 10.2 Å². The van der Waals surface area contributed by atoms with Gasteiger partial charge in [-0.3, -0.25) is 0 Å². The molecule has 4 heteroatoms. The molecule has 1 unspecified atom stereocenters. The van der Waals surface area contributed by atoms with E-state index in [1.807, 2.05) is 19.0 Å². The number of nitrogens with one attached hydrogen (secondary N) is 1. The third-order valence-electron chi connectivity index (χ3n) is 3.10. The molecule has 0 aromatic carbocycles. The highest BCUT2D eigenvalue weighted by Gasteiger charge is 2.46. The minimum absolute atomic E-state index is 0.0391. The van der Waals surface area contributed by atoms with Crippen LogP contribution in [0.1, 0.15) is 26.2 Å². The summed E-state index contributed by atoms with van der Waals surface area (Å²) in [6.07, 6.45) is 1.09. The summed E-state index contributed by atoms with van der Waals surface area (Å²) < 4.78 is 25.1. The molecule has 0 aliphatic heterocycles. The van der Waals surface area contributed by atoms with E-state index in [-0.39, 0.29) is 18.9 Å². The highest BCUT2D eigenvalue weighted by Crippen LogP contribution is 2.39. The maximum absolute atomic E-state index is 12.6. The second-order valence-corrected chi connectivity index (χ2v) is 4.38. The topological polar surface area (TPSA) is 15.3 Å². The first-order valence-electron chi connectivity index (χ1n) is 5.20. The Balaban J connectivity index is 2.14. The molecule has 1 atom stereocenters. The van der Waals surface area contributed by atoms with Gasteiger partial charge in [-0.15, -0.1) is 0 Å². The van der Waals surface area contributed by atoms with Gasteiger partial charge >= 0.3 is 0 Å². The highest BCUT2D eigenvalue weighted by molar-refractivity contribution is 4.92. The summed E-state index contributed by atoms with van der Waals surface area (Å²) in [4.78, 5) is 2.05. The van der Waals surface area contributed by atoms with Crippen LogP contribution in [0.25, 0.3) is 0 Å². The second kappa shape index (κ2) is 4.53. The Morgan fingerprint density at radius 3 is 2.50 bits per heavy atom. The predicted molar refractivity (Wildman–Crippen MR) is 53.7 cm³/mol. The van der Waals surface area contributed by atoms with Crippen LogP contribution in [0.15, 0.2) is 0 Å². The van der Waals surface area contributed by atoms with Gasteiger partial charge in [0.15, 0.2) is 0 Å². The van der Waals surface area contributed by atoms with Crippen molar-refractivity contribution >= 4 is 0 Å². The maximum atomic E-state index is 12.6. The number of hydrogen-bond acceptors (Lipinski definition) is 2. The van der Waals surface area contributed by atoms with E-state index in [4.69, 9.17) is 0 Å². The van der Waals surface area contributed by atoms with E-state index < -0.39 is 5.92 Å². The van der Waals surface area contributed by atoms with Crippen LogP contribution in [-0.2, 0) is 0 Å². The van der Waals surface area contributed by atoms with Crippen molar-refractivity contribution in [2.45, 2.75) is 44.2 Å². The fourth-order valence-electron chi connectivity index (χ4n) is 1.67. The van der Waals surface area contributed by atoms with Crippen molar-refractivity contribution in [2.24, 2.45) is 0 Å². The fraction of sp³-hybridized carbons (Fsp3) is 1.00. The Bertz CT molecular complexity index is 177. The first kappa shape index (κ1) is 11.9. The molecule has 1 saturated carbocycles. The zero-order valence-electron chi connectivity index (χ0n) is 9.19. The minimum atomic E-state index is -2.40. The molecule has 0 saturated heterocycles. The molecular weight excluding hydrogens is 186 g/mol. The lowest BCUT2D eigenvalue weighted by Gasteiger charge is -2.41. The summed E-state index contributed by atoms with van der Waals surface area (Å²) in [7, 11) is 3.85. The van der Waals surface area contributed by atoms with Gasteiger partial charge in [-0.05, 0) is 34.0 Å². The lowest BCUT2D eigenvalue weighted by atomic mass is 9.87. The van der Waals surface area contributed by atoms with Gasteiger partial charge < -0.3 is 10.2 Å². The molecule has 2 nitrogen and oxygen atoms in total. The summed E-state index contributed by atoms with van der Waals surface area (Å²) >= 11 is 0. The van der Waals surface area contributed by atoms with Crippen LogP contribution in [0, 0.1) is 0 Å². The Kier molecular flexibility index (Phi) is 3.84. The van der Waals surface area contributed by atoms with E-state index in [2.05, 4.69) is 12.2 Å². The zero-order valence-corrected chi connectivity index (χ0v) is 9.19. The number of alkyl halides is 2.